The van der Waals surface area contributed by atoms with Crippen molar-refractivity contribution in [2.45, 2.75) is 11.6 Å². The molecule has 0 bridgehead atoms. The molecule has 4 heteroatoms. The number of rotatable bonds is 4. The van der Waals surface area contributed by atoms with Crippen molar-refractivity contribution in [3.8, 4) is 0 Å². The number of benzene rings is 2. The van der Waals surface area contributed by atoms with Gasteiger partial charge in [-0.25, -0.2) is 8.78 Å². The molecular weight excluding hydrogens is 330 g/mol. The molecule has 2 aromatic rings. The summed E-state index contributed by atoms with van der Waals surface area (Å²) in [4.78, 5) is 3.92. The van der Waals surface area contributed by atoms with E-state index in [9.17, 15) is 0 Å². The molecule has 1 unspecified atom stereocenters. The topological polar surface area (TPSA) is 6.48 Å². The normalized spacial score (nSPS) is 18.4. The van der Waals surface area contributed by atoms with Crippen LogP contribution in [0.1, 0.15) is 11.1 Å². The predicted octanol–water partition coefficient (Wildman–Crippen LogP) is 4.87. The third kappa shape index (κ3) is 2.90. The fourth-order valence-electron chi connectivity index (χ4n) is 3.45. The van der Waals surface area contributed by atoms with E-state index in [1.165, 1.54) is 18.2 Å². The molecule has 1 aliphatic carbocycles. The van der Waals surface area contributed by atoms with Gasteiger partial charge in [0.2, 0.25) is 0 Å². The molecule has 0 fully saturated rings. The molecule has 0 saturated heterocycles. The highest BCUT2D eigenvalue weighted by atomic mass is 19.1. The van der Waals surface area contributed by atoms with Gasteiger partial charge in [0.1, 0.15) is 17.4 Å². The zero-order valence-electron chi connectivity index (χ0n) is 15.6. The zero-order chi connectivity index (χ0) is 18.9. The van der Waals surface area contributed by atoms with Gasteiger partial charge < -0.3 is 9.80 Å². The Balaban J connectivity index is 2.17. The summed E-state index contributed by atoms with van der Waals surface area (Å²) in [5, 5.41) is 0. The molecule has 2 aromatic carbocycles. The first-order valence-corrected chi connectivity index (χ1v) is 8.61. The van der Waals surface area contributed by atoms with Gasteiger partial charge in [-0.15, -0.1) is 0 Å². The number of nitrogens with zero attached hydrogens (tertiary/aromatic N) is 2. The Morgan fingerprint density at radius 1 is 0.769 bits per heavy atom. The van der Waals surface area contributed by atoms with Crippen molar-refractivity contribution in [1.29, 1.82) is 0 Å². The van der Waals surface area contributed by atoms with Crippen molar-refractivity contribution in [2.75, 3.05) is 38.0 Å². The Morgan fingerprint density at radius 3 is 1.54 bits per heavy atom. The van der Waals surface area contributed by atoms with Gasteiger partial charge in [0.05, 0.1) is 0 Å². The number of anilines is 2. The Bertz CT molecular complexity index is 767. The molecular formula is C22H24F2N2. The summed E-state index contributed by atoms with van der Waals surface area (Å²) in [5.74, 6) is -0.484. The lowest BCUT2D eigenvalue weighted by atomic mass is 9.68. The second-order valence-electron chi connectivity index (χ2n) is 6.99. The second-order valence-corrected chi connectivity index (χ2v) is 6.99. The van der Waals surface area contributed by atoms with Gasteiger partial charge in [-0.1, -0.05) is 30.3 Å². The highest BCUT2D eigenvalue weighted by Gasteiger charge is 2.47. The Labute approximate surface area is 154 Å². The van der Waals surface area contributed by atoms with Crippen molar-refractivity contribution in [3.05, 3.63) is 83.7 Å². The molecule has 0 saturated carbocycles. The van der Waals surface area contributed by atoms with Crippen LogP contribution >= 0.6 is 0 Å². The van der Waals surface area contributed by atoms with Gasteiger partial charge in [-0.05, 0) is 47.5 Å². The Kier molecular flexibility index (Phi) is 4.86. The van der Waals surface area contributed by atoms with Crippen molar-refractivity contribution in [2.24, 2.45) is 0 Å². The standard InChI is InChI=1S/C22H24F2N2/c1-25(2)18-12-8-16(9-13-18)22(20(23)6-5-7-21(22)24)17-10-14-19(15-11-17)26(3)4/h5-15,20H,1-4H3. The van der Waals surface area contributed by atoms with Crippen LogP contribution in [0.2, 0.25) is 0 Å². The maximum absolute atomic E-state index is 15.3. The van der Waals surface area contributed by atoms with Crippen LogP contribution < -0.4 is 9.80 Å². The number of hydrogen-bond acceptors (Lipinski definition) is 2. The molecule has 0 heterocycles. The van der Waals surface area contributed by atoms with Gasteiger partial charge in [0.25, 0.3) is 0 Å². The highest BCUT2D eigenvalue weighted by molar-refractivity contribution is 5.58. The molecule has 136 valence electrons. The van der Waals surface area contributed by atoms with E-state index >= 15 is 8.78 Å². The van der Waals surface area contributed by atoms with Crippen molar-refractivity contribution < 1.29 is 8.78 Å². The minimum absolute atomic E-state index is 0.484. The number of hydrogen-bond donors (Lipinski definition) is 0. The molecule has 0 aromatic heterocycles. The number of alkyl halides is 1. The molecule has 2 nitrogen and oxygen atoms in total. The van der Waals surface area contributed by atoms with Crippen LogP contribution in [0.25, 0.3) is 0 Å². The van der Waals surface area contributed by atoms with Crippen LogP contribution in [0.5, 0.6) is 0 Å². The summed E-state index contributed by atoms with van der Waals surface area (Å²) >= 11 is 0. The summed E-state index contributed by atoms with van der Waals surface area (Å²) in [6, 6.07) is 14.8. The third-order valence-electron chi connectivity index (χ3n) is 4.99. The lowest BCUT2D eigenvalue weighted by Gasteiger charge is -2.37. The summed E-state index contributed by atoms with van der Waals surface area (Å²) in [5.41, 5.74) is 1.72. The van der Waals surface area contributed by atoms with Crippen LogP contribution in [-0.2, 0) is 5.41 Å². The average molecular weight is 354 g/mol. The highest BCUT2D eigenvalue weighted by Crippen LogP contribution is 2.47. The van der Waals surface area contributed by atoms with Crippen LogP contribution in [0.3, 0.4) is 0 Å². The van der Waals surface area contributed by atoms with Gasteiger partial charge in [0.15, 0.2) is 0 Å². The maximum Gasteiger partial charge on any atom is 0.139 e. The van der Waals surface area contributed by atoms with E-state index in [-0.39, 0.29) is 0 Å². The molecule has 1 atom stereocenters. The maximum atomic E-state index is 15.3. The lowest BCUT2D eigenvalue weighted by molar-refractivity contribution is 0.265. The predicted molar refractivity (Wildman–Crippen MR) is 106 cm³/mol. The van der Waals surface area contributed by atoms with Crippen molar-refractivity contribution in [1.82, 2.24) is 0 Å². The smallest absolute Gasteiger partial charge is 0.139 e. The van der Waals surface area contributed by atoms with Gasteiger partial charge in [0, 0.05) is 39.6 Å². The SMILES string of the molecule is CN(C)c1ccc(C2(c3ccc(N(C)C)cc3)C(F)=CC=CC2F)cc1. The summed E-state index contributed by atoms with van der Waals surface area (Å²) in [6.07, 6.45) is 2.74. The fourth-order valence-corrected chi connectivity index (χ4v) is 3.45. The largest absolute Gasteiger partial charge is 0.378 e. The van der Waals surface area contributed by atoms with E-state index in [0.717, 1.165) is 11.4 Å². The first-order valence-electron chi connectivity index (χ1n) is 8.61. The van der Waals surface area contributed by atoms with Gasteiger partial charge in [-0.3, -0.25) is 0 Å². The molecule has 0 N–H and O–H groups in total. The minimum Gasteiger partial charge on any atom is -0.378 e. The van der Waals surface area contributed by atoms with E-state index in [0.29, 0.717) is 11.1 Å². The monoisotopic (exact) mass is 354 g/mol. The molecule has 0 amide bonds. The molecule has 1 aliphatic rings. The fraction of sp³-hybridized carbons (Fsp3) is 0.273. The summed E-state index contributed by atoms with van der Waals surface area (Å²) < 4.78 is 30.4. The van der Waals surface area contributed by atoms with Crippen molar-refractivity contribution in [3.63, 3.8) is 0 Å². The molecule has 3 rings (SSSR count). The van der Waals surface area contributed by atoms with Crippen molar-refractivity contribution >= 4 is 11.4 Å². The van der Waals surface area contributed by atoms with E-state index in [4.69, 9.17) is 0 Å². The summed E-state index contributed by atoms with van der Waals surface area (Å²) in [7, 11) is 7.75. The summed E-state index contributed by atoms with van der Waals surface area (Å²) in [6.45, 7) is 0. The molecule has 0 spiro atoms. The Morgan fingerprint density at radius 2 is 1.19 bits per heavy atom. The number of allylic oxidation sites excluding steroid dienone is 4. The third-order valence-corrected chi connectivity index (χ3v) is 4.99. The van der Waals surface area contributed by atoms with E-state index in [1.807, 2.05) is 86.5 Å². The van der Waals surface area contributed by atoms with Gasteiger partial charge >= 0.3 is 0 Å². The van der Waals surface area contributed by atoms with Gasteiger partial charge in [-0.2, -0.15) is 0 Å². The van der Waals surface area contributed by atoms with Crippen LogP contribution in [-0.4, -0.2) is 34.4 Å². The Hall–Kier alpha value is -2.62. The zero-order valence-corrected chi connectivity index (χ0v) is 15.6. The van der Waals surface area contributed by atoms with Crippen LogP contribution in [0, 0.1) is 0 Å². The molecule has 0 radical (unpaired) electrons. The van der Waals surface area contributed by atoms with E-state index < -0.39 is 17.4 Å². The first kappa shape index (κ1) is 18.2. The average Bonchev–Trinajstić information content (AvgIpc) is 2.62. The molecule has 26 heavy (non-hydrogen) atoms. The first-order chi connectivity index (χ1) is 12.4. The number of halogens is 2. The minimum atomic E-state index is -1.48. The van der Waals surface area contributed by atoms with Crippen LogP contribution in [0.15, 0.2) is 72.6 Å². The quantitative estimate of drug-likeness (QED) is 0.773. The second kappa shape index (κ2) is 6.94. The van der Waals surface area contributed by atoms with E-state index in [2.05, 4.69) is 0 Å². The molecule has 0 aliphatic heterocycles. The van der Waals surface area contributed by atoms with Crippen LogP contribution in [0.4, 0.5) is 20.2 Å². The van der Waals surface area contributed by atoms with E-state index in [1.54, 1.807) is 0 Å². The lowest BCUT2D eigenvalue weighted by Crippen LogP contribution is -2.39.